The highest BCUT2D eigenvalue weighted by molar-refractivity contribution is 6.37. The number of hydrogen-bond acceptors (Lipinski definition) is 5. The summed E-state index contributed by atoms with van der Waals surface area (Å²) < 4.78 is 5.02. The number of halogens is 1. The molecule has 0 spiro atoms. The Morgan fingerprint density at radius 1 is 1.32 bits per heavy atom. The highest BCUT2D eigenvalue weighted by Gasteiger charge is 2.24. The first-order chi connectivity index (χ1) is 10.5. The Balaban J connectivity index is 1.89. The number of anilines is 1. The molecule has 2 N–H and O–H groups in total. The summed E-state index contributed by atoms with van der Waals surface area (Å²) >= 11 is 5.75. The van der Waals surface area contributed by atoms with Gasteiger partial charge < -0.3 is 10.1 Å². The van der Waals surface area contributed by atoms with Crippen molar-refractivity contribution >= 4 is 40.8 Å². The lowest BCUT2D eigenvalue weighted by Crippen LogP contribution is -2.35. The molecule has 0 unspecified atom stereocenters. The number of ether oxygens (including phenoxy) is 1. The van der Waals surface area contributed by atoms with Gasteiger partial charge >= 0.3 is 5.97 Å². The van der Waals surface area contributed by atoms with Crippen LogP contribution in [-0.4, -0.2) is 29.6 Å². The molecule has 0 fully saturated rings. The number of hydrazone groups is 1. The van der Waals surface area contributed by atoms with Crippen LogP contribution in [0.5, 0.6) is 0 Å². The Bertz CT molecular complexity index is 627. The molecular weight excluding hydrogens is 310 g/mol. The number of benzene rings is 1. The van der Waals surface area contributed by atoms with Gasteiger partial charge in [-0.2, -0.15) is 5.10 Å². The molecule has 1 heterocycles. The van der Waals surface area contributed by atoms with Crippen molar-refractivity contribution in [2.45, 2.75) is 25.9 Å². The van der Waals surface area contributed by atoms with E-state index < -0.39 is 18.0 Å². The number of nitrogens with zero attached hydrogens (tertiary/aromatic N) is 1. The van der Waals surface area contributed by atoms with E-state index in [4.69, 9.17) is 16.3 Å². The predicted octanol–water partition coefficient (Wildman–Crippen LogP) is 1.48. The quantitative estimate of drug-likeness (QED) is 0.820. The van der Waals surface area contributed by atoms with Gasteiger partial charge in [0.25, 0.3) is 5.91 Å². The first-order valence-corrected chi connectivity index (χ1v) is 6.96. The number of hydrogen-bond donors (Lipinski definition) is 2. The fraction of sp³-hybridized carbons (Fsp3) is 0.286. The van der Waals surface area contributed by atoms with E-state index in [0.717, 1.165) is 0 Å². The molecule has 1 atom stereocenters. The first-order valence-electron chi connectivity index (χ1n) is 6.58. The third-order valence-corrected chi connectivity index (χ3v) is 3.16. The Morgan fingerprint density at radius 3 is 2.59 bits per heavy atom. The maximum absolute atomic E-state index is 11.9. The largest absolute Gasteiger partial charge is 0.448 e. The number of carbonyl (C=O) groups excluding carboxylic acids is 3. The molecule has 0 aliphatic carbocycles. The molecule has 0 radical (unpaired) electrons. The summed E-state index contributed by atoms with van der Waals surface area (Å²) in [5, 5.41) is 6.76. The summed E-state index contributed by atoms with van der Waals surface area (Å²) in [4.78, 5) is 34.7. The van der Waals surface area contributed by atoms with Crippen LogP contribution in [0.1, 0.15) is 19.8 Å². The van der Waals surface area contributed by atoms with E-state index in [9.17, 15) is 14.4 Å². The number of esters is 1. The van der Waals surface area contributed by atoms with Crippen molar-refractivity contribution in [2.75, 3.05) is 5.32 Å². The van der Waals surface area contributed by atoms with Crippen molar-refractivity contribution in [2.24, 2.45) is 5.10 Å². The maximum Gasteiger partial charge on any atom is 0.355 e. The highest BCUT2D eigenvalue weighted by atomic mass is 35.5. The van der Waals surface area contributed by atoms with Gasteiger partial charge in [-0.05, 0) is 31.2 Å². The molecule has 0 bridgehead atoms. The van der Waals surface area contributed by atoms with Crippen LogP contribution in [0.25, 0.3) is 0 Å². The zero-order valence-electron chi connectivity index (χ0n) is 11.8. The van der Waals surface area contributed by atoms with E-state index in [2.05, 4.69) is 15.8 Å². The van der Waals surface area contributed by atoms with Gasteiger partial charge in [-0.3, -0.25) is 9.59 Å². The van der Waals surface area contributed by atoms with Crippen LogP contribution in [0, 0.1) is 0 Å². The number of rotatable bonds is 4. The molecule has 1 aromatic rings. The van der Waals surface area contributed by atoms with Crippen molar-refractivity contribution in [3.05, 3.63) is 29.3 Å². The van der Waals surface area contributed by atoms with Crippen LogP contribution in [0.15, 0.2) is 29.4 Å². The second-order valence-electron chi connectivity index (χ2n) is 4.64. The average Bonchev–Trinajstić information content (AvgIpc) is 2.50. The van der Waals surface area contributed by atoms with Crippen molar-refractivity contribution in [1.29, 1.82) is 0 Å². The SMILES string of the molecule is C[C@@H](OC(=O)C1=NNC(=O)CC1)C(=O)Nc1ccc(Cl)cc1. The summed E-state index contributed by atoms with van der Waals surface area (Å²) in [6, 6.07) is 6.53. The standard InChI is InChI=1S/C14H14ClN3O4/c1-8(13(20)16-10-4-2-9(15)3-5-10)22-14(21)11-6-7-12(19)18-17-11/h2-5,8H,6-7H2,1H3,(H,16,20)(H,18,19)/t8-/m1/s1. The smallest absolute Gasteiger partial charge is 0.355 e. The van der Waals surface area contributed by atoms with Gasteiger partial charge in [-0.15, -0.1) is 0 Å². The van der Waals surface area contributed by atoms with E-state index in [1.165, 1.54) is 6.92 Å². The van der Waals surface area contributed by atoms with Gasteiger partial charge in [0.1, 0.15) is 5.71 Å². The summed E-state index contributed by atoms with van der Waals surface area (Å²) in [6.07, 6.45) is -0.640. The third kappa shape index (κ3) is 4.29. The second-order valence-corrected chi connectivity index (χ2v) is 5.07. The number of nitrogens with one attached hydrogen (secondary N) is 2. The van der Waals surface area contributed by atoms with E-state index in [-0.39, 0.29) is 24.5 Å². The maximum atomic E-state index is 11.9. The molecule has 0 saturated heterocycles. The van der Waals surface area contributed by atoms with E-state index in [1.807, 2.05) is 0 Å². The molecule has 2 amide bonds. The molecule has 1 aliphatic heterocycles. The lowest BCUT2D eigenvalue weighted by Gasteiger charge is -2.15. The first kappa shape index (κ1) is 16.0. The normalized spacial score (nSPS) is 15.4. The molecule has 8 heteroatoms. The van der Waals surface area contributed by atoms with Crippen LogP contribution in [0.4, 0.5) is 5.69 Å². The van der Waals surface area contributed by atoms with Crippen molar-refractivity contribution < 1.29 is 19.1 Å². The third-order valence-electron chi connectivity index (χ3n) is 2.90. The minimum Gasteiger partial charge on any atom is -0.448 e. The van der Waals surface area contributed by atoms with E-state index >= 15 is 0 Å². The number of amides is 2. The molecule has 2 rings (SSSR count). The summed E-state index contributed by atoms with van der Waals surface area (Å²) in [5.74, 6) is -1.46. The summed E-state index contributed by atoms with van der Waals surface area (Å²) in [5.41, 5.74) is 2.83. The zero-order valence-corrected chi connectivity index (χ0v) is 12.5. The molecule has 7 nitrogen and oxygen atoms in total. The molecule has 1 aliphatic rings. The average molecular weight is 324 g/mol. The van der Waals surface area contributed by atoms with E-state index in [1.54, 1.807) is 24.3 Å². The molecular formula is C14H14ClN3O4. The van der Waals surface area contributed by atoms with Crippen LogP contribution in [0.3, 0.4) is 0 Å². The van der Waals surface area contributed by atoms with Gasteiger partial charge in [0.2, 0.25) is 5.91 Å². The monoisotopic (exact) mass is 323 g/mol. The van der Waals surface area contributed by atoms with Crippen LogP contribution in [-0.2, 0) is 19.1 Å². The molecule has 22 heavy (non-hydrogen) atoms. The minimum atomic E-state index is -0.997. The van der Waals surface area contributed by atoms with E-state index in [0.29, 0.717) is 10.7 Å². The fourth-order valence-corrected chi connectivity index (χ4v) is 1.81. The highest BCUT2D eigenvalue weighted by Crippen LogP contribution is 2.14. The molecule has 116 valence electrons. The second kappa shape index (κ2) is 7.04. The topological polar surface area (TPSA) is 96.9 Å². The number of carbonyl (C=O) groups is 3. The van der Waals surface area contributed by atoms with Crippen molar-refractivity contribution in [3.63, 3.8) is 0 Å². The van der Waals surface area contributed by atoms with Crippen molar-refractivity contribution in [3.8, 4) is 0 Å². The predicted molar refractivity (Wildman–Crippen MR) is 80.4 cm³/mol. The Morgan fingerprint density at radius 2 is 2.00 bits per heavy atom. The van der Waals surface area contributed by atoms with Gasteiger partial charge in [-0.25, -0.2) is 10.2 Å². The zero-order chi connectivity index (χ0) is 16.1. The Hall–Kier alpha value is -2.41. The molecule has 1 aromatic carbocycles. The summed E-state index contributed by atoms with van der Waals surface area (Å²) in [7, 11) is 0. The Kier molecular flexibility index (Phi) is 5.11. The lowest BCUT2D eigenvalue weighted by atomic mass is 10.2. The minimum absolute atomic E-state index is 0.0887. The van der Waals surface area contributed by atoms with Crippen molar-refractivity contribution in [1.82, 2.24) is 5.43 Å². The van der Waals surface area contributed by atoms with Gasteiger partial charge in [0, 0.05) is 23.6 Å². The van der Waals surface area contributed by atoms with Crippen LogP contribution < -0.4 is 10.7 Å². The summed E-state index contributed by atoms with van der Waals surface area (Å²) in [6.45, 7) is 1.45. The molecule has 0 aromatic heterocycles. The van der Waals surface area contributed by atoms with Gasteiger partial charge in [0.05, 0.1) is 0 Å². The van der Waals surface area contributed by atoms with Gasteiger partial charge in [0.15, 0.2) is 6.10 Å². The van der Waals surface area contributed by atoms with Crippen LogP contribution in [0.2, 0.25) is 5.02 Å². The Labute approximate surface area is 131 Å². The van der Waals surface area contributed by atoms with Gasteiger partial charge in [-0.1, -0.05) is 11.6 Å². The van der Waals surface area contributed by atoms with Crippen LogP contribution >= 0.6 is 11.6 Å². The lowest BCUT2D eigenvalue weighted by molar-refractivity contribution is -0.146. The fourth-order valence-electron chi connectivity index (χ4n) is 1.68. The molecule has 0 saturated carbocycles.